The molecule has 212 valence electrons. The van der Waals surface area contributed by atoms with Gasteiger partial charge in [-0.1, -0.05) is 85.4 Å². The molecular weight excluding hydrogens is 719 g/mol. The maximum Gasteiger partial charge on any atom is 0.341 e. The molecule has 7 nitrogen and oxygen atoms in total. The minimum Gasteiger partial charge on any atom is -0.478 e. The number of fused-ring (bicyclic) bond motifs is 4. The van der Waals surface area contributed by atoms with E-state index in [2.05, 4.69) is 52.1 Å². The average Bonchev–Trinajstić information content (AvgIpc) is 2.99. The van der Waals surface area contributed by atoms with E-state index in [-0.39, 0.29) is 21.8 Å². The summed E-state index contributed by atoms with van der Waals surface area (Å²) in [6, 6.07) is 27.6. The number of aromatic nitrogens is 3. The third kappa shape index (κ3) is 5.69. The molecular formula is C32H18Br2Cl2N4O3. The molecule has 0 unspecified atom stereocenters. The zero-order valence-electron chi connectivity index (χ0n) is 21.8. The molecule has 0 saturated carbocycles. The Kier molecular flexibility index (Phi) is 8.07. The van der Waals surface area contributed by atoms with Crippen LogP contribution in [0.15, 0.2) is 105 Å². The van der Waals surface area contributed by atoms with E-state index in [1.54, 1.807) is 18.2 Å². The molecule has 0 fully saturated rings. The lowest BCUT2D eigenvalue weighted by atomic mass is 10.1. The van der Waals surface area contributed by atoms with Gasteiger partial charge in [-0.05, 0) is 60.7 Å². The van der Waals surface area contributed by atoms with Gasteiger partial charge in [0.05, 0.1) is 32.0 Å². The van der Waals surface area contributed by atoms with Crippen molar-refractivity contribution in [2.24, 2.45) is 0 Å². The SMILES string of the molecule is O=C(O)c1c(Nc2ccccc2)nc2ccc(Br)cc2c1Cl.O=c1c2ccccc2[nH]c2nc3ccc(Br)cc3c(Cl)c12. The molecule has 0 saturated heterocycles. The summed E-state index contributed by atoms with van der Waals surface area (Å²) in [4.78, 5) is 36.4. The summed E-state index contributed by atoms with van der Waals surface area (Å²) in [6.07, 6.45) is 0. The molecule has 0 bridgehead atoms. The number of para-hydroxylation sites is 2. The summed E-state index contributed by atoms with van der Waals surface area (Å²) < 4.78 is 1.71. The summed E-state index contributed by atoms with van der Waals surface area (Å²) in [5.41, 5.74) is 3.24. The molecule has 11 heteroatoms. The van der Waals surface area contributed by atoms with E-state index in [0.717, 1.165) is 31.1 Å². The van der Waals surface area contributed by atoms with Crippen LogP contribution in [0.4, 0.5) is 11.5 Å². The van der Waals surface area contributed by atoms with Crippen molar-refractivity contribution in [1.82, 2.24) is 15.0 Å². The molecule has 3 aromatic heterocycles. The highest BCUT2D eigenvalue weighted by atomic mass is 79.9. The van der Waals surface area contributed by atoms with Crippen molar-refractivity contribution in [2.75, 3.05) is 5.32 Å². The topological polar surface area (TPSA) is 108 Å². The normalized spacial score (nSPS) is 11.1. The molecule has 3 N–H and O–H groups in total. The lowest BCUT2D eigenvalue weighted by molar-refractivity contribution is 0.0698. The average molecular weight is 737 g/mol. The lowest BCUT2D eigenvalue weighted by Gasteiger charge is -2.12. The van der Waals surface area contributed by atoms with Crippen molar-refractivity contribution in [2.45, 2.75) is 0 Å². The number of anilines is 2. The first-order chi connectivity index (χ1) is 20.7. The Labute approximate surface area is 270 Å². The van der Waals surface area contributed by atoms with E-state index in [4.69, 9.17) is 23.2 Å². The molecule has 0 aliphatic carbocycles. The minimum atomic E-state index is -1.13. The van der Waals surface area contributed by atoms with Crippen LogP contribution >= 0.6 is 55.1 Å². The number of nitrogens with one attached hydrogen (secondary N) is 2. The second kappa shape index (κ2) is 11.9. The second-order valence-electron chi connectivity index (χ2n) is 9.42. The fraction of sp³-hybridized carbons (Fsp3) is 0. The fourth-order valence-electron chi connectivity index (χ4n) is 4.69. The van der Waals surface area contributed by atoms with E-state index < -0.39 is 5.97 Å². The molecule has 43 heavy (non-hydrogen) atoms. The second-order valence-corrected chi connectivity index (χ2v) is 12.0. The third-order valence-electron chi connectivity index (χ3n) is 6.67. The Balaban J connectivity index is 0.000000153. The van der Waals surface area contributed by atoms with Gasteiger partial charge in [0.25, 0.3) is 0 Å². The van der Waals surface area contributed by atoms with Gasteiger partial charge in [-0.25, -0.2) is 14.8 Å². The molecule has 3 heterocycles. The highest BCUT2D eigenvalue weighted by Gasteiger charge is 2.20. The van der Waals surface area contributed by atoms with Crippen molar-refractivity contribution in [1.29, 1.82) is 0 Å². The molecule has 7 rings (SSSR count). The Bertz CT molecular complexity index is 2280. The van der Waals surface area contributed by atoms with Crippen LogP contribution in [0.3, 0.4) is 0 Å². The van der Waals surface area contributed by atoms with Crippen molar-refractivity contribution in [3.8, 4) is 0 Å². The van der Waals surface area contributed by atoms with Gasteiger partial charge in [0.15, 0.2) is 5.43 Å². The number of hydrogen-bond donors (Lipinski definition) is 3. The van der Waals surface area contributed by atoms with E-state index in [1.165, 1.54) is 0 Å². The molecule has 0 spiro atoms. The van der Waals surface area contributed by atoms with Crippen LogP contribution in [0, 0.1) is 0 Å². The Morgan fingerprint density at radius 3 is 2.05 bits per heavy atom. The van der Waals surface area contributed by atoms with Crippen molar-refractivity contribution in [3.05, 3.63) is 126 Å². The highest BCUT2D eigenvalue weighted by molar-refractivity contribution is 9.10. The summed E-state index contributed by atoms with van der Waals surface area (Å²) in [5.74, 6) is -0.906. The zero-order valence-corrected chi connectivity index (χ0v) is 26.5. The predicted molar refractivity (Wildman–Crippen MR) is 181 cm³/mol. The standard InChI is InChI=1S/C16H10BrClN2O2.C16H8BrClN2O/c17-9-6-7-12-11(8-9)14(18)13(16(21)22)15(20-12)19-10-4-2-1-3-5-10;17-8-5-6-12-10(7-8)14(18)13-15(21)9-3-1-2-4-11(9)19-16(13)20-12/h1-8H,(H,19,20)(H,21,22);1-7H,(H,19,20,21). The number of rotatable bonds is 3. The Morgan fingerprint density at radius 1 is 0.767 bits per heavy atom. The number of hydrogen-bond acceptors (Lipinski definition) is 5. The summed E-state index contributed by atoms with van der Waals surface area (Å²) in [5, 5.41) is 15.5. The fourth-order valence-corrected chi connectivity index (χ4v) is 6.06. The summed E-state index contributed by atoms with van der Waals surface area (Å²) >= 11 is 19.5. The van der Waals surface area contributed by atoms with Gasteiger partial charge in [-0.15, -0.1) is 0 Å². The third-order valence-corrected chi connectivity index (χ3v) is 8.44. The van der Waals surface area contributed by atoms with E-state index >= 15 is 0 Å². The van der Waals surface area contributed by atoms with Gasteiger partial charge in [0, 0.05) is 30.8 Å². The van der Waals surface area contributed by atoms with Gasteiger partial charge < -0.3 is 15.4 Å². The van der Waals surface area contributed by atoms with E-state index in [1.807, 2.05) is 72.8 Å². The maximum atomic E-state index is 12.7. The molecule has 0 aliphatic rings. The number of halogens is 4. The number of carboxylic acid groups (broad SMARTS) is 1. The molecule has 7 aromatic rings. The quantitative estimate of drug-likeness (QED) is 0.156. The van der Waals surface area contributed by atoms with Crippen LogP contribution < -0.4 is 10.7 Å². The number of carbonyl (C=O) groups is 1. The predicted octanol–water partition coefficient (Wildman–Crippen LogP) is 9.74. The van der Waals surface area contributed by atoms with E-state index in [9.17, 15) is 14.7 Å². The monoisotopic (exact) mass is 734 g/mol. The van der Waals surface area contributed by atoms with Crippen LogP contribution in [0.5, 0.6) is 0 Å². The van der Waals surface area contributed by atoms with Gasteiger partial charge in [-0.2, -0.15) is 0 Å². The number of H-pyrrole nitrogens is 1. The van der Waals surface area contributed by atoms with Crippen LogP contribution in [-0.2, 0) is 0 Å². The molecule has 0 aliphatic heterocycles. The first-order valence-corrected chi connectivity index (χ1v) is 15.1. The van der Waals surface area contributed by atoms with Crippen LogP contribution in [-0.4, -0.2) is 26.0 Å². The summed E-state index contributed by atoms with van der Waals surface area (Å²) in [6.45, 7) is 0. The summed E-state index contributed by atoms with van der Waals surface area (Å²) in [7, 11) is 0. The lowest BCUT2D eigenvalue weighted by Crippen LogP contribution is -2.06. The molecule has 4 aromatic carbocycles. The molecule has 0 amide bonds. The van der Waals surface area contributed by atoms with Gasteiger partial charge in [0.2, 0.25) is 0 Å². The number of aromatic carboxylic acids is 1. The van der Waals surface area contributed by atoms with Crippen LogP contribution in [0.25, 0.3) is 43.7 Å². The highest BCUT2D eigenvalue weighted by Crippen LogP contribution is 2.34. The van der Waals surface area contributed by atoms with Crippen LogP contribution in [0.1, 0.15) is 10.4 Å². The first-order valence-electron chi connectivity index (χ1n) is 12.7. The number of carboxylic acids is 1. The number of pyridine rings is 3. The number of nitrogens with zero attached hydrogens (tertiary/aromatic N) is 2. The number of aromatic amines is 1. The number of benzene rings is 4. The van der Waals surface area contributed by atoms with Crippen molar-refractivity contribution in [3.63, 3.8) is 0 Å². The van der Waals surface area contributed by atoms with Gasteiger partial charge in [-0.3, -0.25) is 4.79 Å². The molecule has 0 radical (unpaired) electrons. The van der Waals surface area contributed by atoms with Gasteiger partial charge in [0.1, 0.15) is 17.0 Å². The smallest absolute Gasteiger partial charge is 0.341 e. The van der Waals surface area contributed by atoms with Crippen molar-refractivity contribution < 1.29 is 9.90 Å². The Morgan fingerprint density at radius 2 is 1.37 bits per heavy atom. The first kappa shape index (κ1) is 29.1. The largest absolute Gasteiger partial charge is 0.478 e. The van der Waals surface area contributed by atoms with Crippen LogP contribution in [0.2, 0.25) is 10.0 Å². The zero-order chi connectivity index (χ0) is 30.2. The molecule has 0 atom stereocenters. The Hall–Kier alpha value is -4.02. The maximum absolute atomic E-state index is 12.7. The van der Waals surface area contributed by atoms with Crippen molar-refractivity contribution >= 4 is 116 Å². The van der Waals surface area contributed by atoms with Gasteiger partial charge >= 0.3 is 5.97 Å². The minimum absolute atomic E-state index is 0.0453. The van der Waals surface area contributed by atoms with E-state index in [0.29, 0.717) is 32.3 Å².